The van der Waals surface area contributed by atoms with Crippen molar-refractivity contribution >= 4 is 39.9 Å². The zero-order valence-electron chi connectivity index (χ0n) is 12.9. The van der Waals surface area contributed by atoms with Gasteiger partial charge in [0.2, 0.25) is 11.7 Å². The van der Waals surface area contributed by atoms with E-state index in [1.54, 1.807) is 31.2 Å². The van der Waals surface area contributed by atoms with Gasteiger partial charge in [-0.3, -0.25) is 14.9 Å². The minimum Gasteiger partial charge on any atom is -0.339 e. The van der Waals surface area contributed by atoms with Gasteiger partial charge in [0, 0.05) is 28.2 Å². The summed E-state index contributed by atoms with van der Waals surface area (Å²) in [7, 11) is 0. The number of non-ortho nitro benzene ring substituents is 1. The summed E-state index contributed by atoms with van der Waals surface area (Å²) in [5.74, 6) is 0.298. The summed E-state index contributed by atoms with van der Waals surface area (Å²) in [6.45, 7) is 1.67. The summed E-state index contributed by atoms with van der Waals surface area (Å²) >= 11 is 1.96. The summed E-state index contributed by atoms with van der Waals surface area (Å²) in [5.41, 5.74) is 1.14. The van der Waals surface area contributed by atoms with Crippen molar-refractivity contribution in [1.29, 1.82) is 0 Å². The zero-order valence-corrected chi connectivity index (χ0v) is 15.1. The first-order valence-corrected chi connectivity index (χ1v) is 8.18. The van der Waals surface area contributed by atoms with Gasteiger partial charge in [-0.1, -0.05) is 17.3 Å². The Labute approximate surface area is 155 Å². The highest BCUT2D eigenvalue weighted by atomic mass is 127. The molecule has 126 valence electrons. The van der Waals surface area contributed by atoms with Crippen LogP contribution < -0.4 is 5.32 Å². The number of carbonyl (C=O) groups excluding carboxylic acids is 1. The molecule has 0 atom stereocenters. The first-order chi connectivity index (χ1) is 12.0. The molecule has 0 aliphatic rings. The first kappa shape index (κ1) is 17.0. The lowest BCUT2D eigenvalue weighted by Gasteiger charge is -2.09. The first-order valence-electron chi connectivity index (χ1n) is 7.10. The van der Waals surface area contributed by atoms with Crippen LogP contribution in [0.1, 0.15) is 16.2 Å². The van der Waals surface area contributed by atoms with Crippen molar-refractivity contribution < 1.29 is 14.2 Å². The van der Waals surface area contributed by atoms with Gasteiger partial charge in [-0.15, -0.1) is 0 Å². The molecule has 1 N–H and O–H groups in total. The second-order valence-corrected chi connectivity index (χ2v) is 6.22. The van der Waals surface area contributed by atoms with E-state index in [0.717, 1.165) is 0 Å². The lowest BCUT2D eigenvalue weighted by atomic mass is 10.1. The molecule has 0 fully saturated rings. The highest BCUT2D eigenvalue weighted by molar-refractivity contribution is 14.1. The molecule has 1 heterocycles. The molecule has 0 saturated heterocycles. The van der Waals surface area contributed by atoms with Crippen molar-refractivity contribution in [2.45, 2.75) is 6.92 Å². The van der Waals surface area contributed by atoms with E-state index in [2.05, 4.69) is 15.5 Å². The fraction of sp³-hybridized carbons (Fsp3) is 0.0625. The van der Waals surface area contributed by atoms with Gasteiger partial charge in [-0.05, 0) is 40.8 Å². The Balaban J connectivity index is 1.95. The average molecular weight is 450 g/mol. The van der Waals surface area contributed by atoms with Gasteiger partial charge in [0.25, 0.3) is 11.6 Å². The van der Waals surface area contributed by atoms with Crippen molar-refractivity contribution in [3.63, 3.8) is 0 Å². The van der Waals surface area contributed by atoms with Crippen LogP contribution in [0.4, 0.5) is 11.4 Å². The number of nitro benzene ring substituents is 1. The molecule has 0 radical (unpaired) electrons. The molecule has 1 aromatic heterocycles. The second-order valence-electron chi connectivity index (χ2n) is 5.06. The maximum atomic E-state index is 12.6. The molecule has 25 heavy (non-hydrogen) atoms. The van der Waals surface area contributed by atoms with Crippen LogP contribution in [0.5, 0.6) is 0 Å². The van der Waals surface area contributed by atoms with Crippen LogP contribution in [0.15, 0.2) is 47.0 Å². The molecule has 0 unspecified atom stereocenters. The number of nitrogens with zero attached hydrogens (tertiary/aromatic N) is 3. The summed E-state index contributed by atoms with van der Waals surface area (Å²) in [5, 5.41) is 17.5. The monoisotopic (exact) mass is 450 g/mol. The van der Waals surface area contributed by atoms with Crippen LogP contribution in [0.2, 0.25) is 0 Å². The standard InChI is InChI=1S/C16H11IN4O4/c1-9-18-15(20-25-9)11-4-2-3-5-14(11)19-16(22)12-8-10(21(23)24)6-7-13(12)17/h2-8H,1H3,(H,19,22). The van der Waals surface area contributed by atoms with Crippen LogP contribution in [0, 0.1) is 20.6 Å². The van der Waals surface area contributed by atoms with E-state index >= 15 is 0 Å². The molecular formula is C16H11IN4O4. The maximum absolute atomic E-state index is 12.6. The van der Waals surface area contributed by atoms with Gasteiger partial charge in [0.1, 0.15) is 0 Å². The lowest BCUT2D eigenvalue weighted by Crippen LogP contribution is -2.14. The van der Waals surface area contributed by atoms with E-state index in [-0.39, 0.29) is 11.3 Å². The van der Waals surface area contributed by atoms with E-state index < -0.39 is 10.8 Å². The number of halogens is 1. The Kier molecular flexibility index (Phi) is 4.74. The lowest BCUT2D eigenvalue weighted by molar-refractivity contribution is -0.384. The molecule has 0 aliphatic heterocycles. The summed E-state index contributed by atoms with van der Waals surface area (Å²) < 4.78 is 5.58. The number of hydrogen-bond donors (Lipinski definition) is 1. The van der Waals surface area contributed by atoms with E-state index in [1.165, 1.54) is 18.2 Å². The number of rotatable bonds is 4. The summed E-state index contributed by atoms with van der Waals surface area (Å²) in [4.78, 5) is 27.1. The molecule has 8 nitrogen and oxygen atoms in total. The molecule has 2 aromatic carbocycles. The number of aromatic nitrogens is 2. The Morgan fingerprint density at radius 1 is 1.28 bits per heavy atom. The van der Waals surface area contributed by atoms with Crippen LogP contribution in [0.3, 0.4) is 0 Å². The minimum atomic E-state index is -0.539. The van der Waals surface area contributed by atoms with Crippen LogP contribution in [-0.2, 0) is 0 Å². The van der Waals surface area contributed by atoms with Crippen molar-refractivity contribution in [2.24, 2.45) is 0 Å². The molecule has 0 spiro atoms. The molecule has 0 bridgehead atoms. The minimum absolute atomic E-state index is 0.146. The Morgan fingerprint density at radius 3 is 2.72 bits per heavy atom. The van der Waals surface area contributed by atoms with E-state index in [1.807, 2.05) is 22.6 Å². The normalized spacial score (nSPS) is 10.5. The highest BCUT2D eigenvalue weighted by Gasteiger charge is 2.18. The van der Waals surface area contributed by atoms with Gasteiger partial charge in [-0.2, -0.15) is 4.98 Å². The zero-order chi connectivity index (χ0) is 18.0. The predicted molar refractivity (Wildman–Crippen MR) is 98.2 cm³/mol. The van der Waals surface area contributed by atoms with E-state index in [0.29, 0.717) is 26.5 Å². The number of amides is 1. The topological polar surface area (TPSA) is 111 Å². The number of nitrogens with one attached hydrogen (secondary N) is 1. The number of carbonyl (C=O) groups is 1. The number of benzene rings is 2. The SMILES string of the molecule is Cc1nc(-c2ccccc2NC(=O)c2cc([N+](=O)[O-])ccc2I)no1. The molecule has 9 heteroatoms. The molecule has 0 saturated carbocycles. The Hall–Kier alpha value is -2.82. The molecule has 3 aromatic rings. The maximum Gasteiger partial charge on any atom is 0.270 e. The number of nitro groups is 1. The number of aryl methyl sites for hydroxylation is 1. The molecule has 3 rings (SSSR count). The third-order valence-corrected chi connectivity index (χ3v) is 4.29. The molecular weight excluding hydrogens is 439 g/mol. The summed E-state index contributed by atoms with van der Waals surface area (Å²) in [6, 6.07) is 11.1. The van der Waals surface area contributed by atoms with Crippen molar-refractivity contribution in [3.8, 4) is 11.4 Å². The number of anilines is 1. The van der Waals surface area contributed by atoms with Gasteiger partial charge in [0.15, 0.2) is 0 Å². The van der Waals surface area contributed by atoms with E-state index in [4.69, 9.17) is 4.52 Å². The van der Waals surface area contributed by atoms with E-state index in [9.17, 15) is 14.9 Å². The van der Waals surface area contributed by atoms with Gasteiger partial charge < -0.3 is 9.84 Å². The predicted octanol–water partition coefficient (Wildman–Crippen LogP) is 3.81. The third-order valence-electron chi connectivity index (χ3n) is 3.35. The van der Waals surface area contributed by atoms with Gasteiger partial charge in [-0.25, -0.2) is 0 Å². The summed E-state index contributed by atoms with van der Waals surface area (Å²) in [6.07, 6.45) is 0. The van der Waals surface area contributed by atoms with Crippen LogP contribution in [0.25, 0.3) is 11.4 Å². The second kappa shape index (κ2) is 6.97. The molecule has 0 aliphatic carbocycles. The van der Waals surface area contributed by atoms with Crippen LogP contribution >= 0.6 is 22.6 Å². The number of hydrogen-bond acceptors (Lipinski definition) is 6. The smallest absolute Gasteiger partial charge is 0.270 e. The fourth-order valence-electron chi connectivity index (χ4n) is 2.19. The quantitative estimate of drug-likeness (QED) is 0.368. The fourth-order valence-corrected chi connectivity index (χ4v) is 2.77. The van der Waals surface area contributed by atoms with Gasteiger partial charge in [0.05, 0.1) is 16.2 Å². The van der Waals surface area contributed by atoms with Gasteiger partial charge >= 0.3 is 0 Å². The Bertz CT molecular complexity index is 970. The van der Waals surface area contributed by atoms with Crippen molar-refractivity contribution in [2.75, 3.05) is 5.32 Å². The Morgan fingerprint density at radius 2 is 2.04 bits per heavy atom. The number of para-hydroxylation sites is 1. The van der Waals surface area contributed by atoms with Crippen LogP contribution in [-0.4, -0.2) is 21.0 Å². The highest BCUT2D eigenvalue weighted by Crippen LogP contribution is 2.27. The average Bonchev–Trinajstić information content (AvgIpc) is 3.01. The largest absolute Gasteiger partial charge is 0.339 e. The van der Waals surface area contributed by atoms with Crippen molar-refractivity contribution in [1.82, 2.24) is 10.1 Å². The van der Waals surface area contributed by atoms with Crippen molar-refractivity contribution in [3.05, 3.63) is 67.6 Å². The molecule has 1 amide bonds. The third kappa shape index (κ3) is 3.65.